The molecule has 1 saturated heterocycles. The number of nitrogens with zero attached hydrogens (tertiary/aromatic N) is 4. The van der Waals surface area contributed by atoms with Crippen molar-refractivity contribution in [1.82, 2.24) is 14.8 Å². The molecule has 2 amide bonds. The second-order valence-corrected chi connectivity index (χ2v) is 8.42. The molecule has 1 atom stereocenters. The Morgan fingerprint density at radius 2 is 1.67 bits per heavy atom. The molecule has 1 aromatic heterocycles. The molecule has 2 aromatic carbocycles. The average molecular weight is 445 g/mol. The van der Waals surface area contributed by atoms with Gasteiger partial charge in [0.25, 0.3) is 5.91 Å². The Bertz CT molecular complexity index is 1140. The summed E-state index contributed by atoms with van der Waals surface area (Å²) in [5, 5.41) is 0. The molecule has 0 aliphatic carbocycles. The van der Waals surface area contributed by atoms with Crippen molar-refractivity contribution in [3.63, 3.8) is 0 Å². The van der Waals surface area contributed by atoms with Crippen molar-refractivity contribution in [2.75, 3.05) is 31.1 Å². The lowest BCUT2D eigenvalue weighted by molar-refractivity contribution is -0.132. The third-order valence-corrected chi connectivity index (χ3v) is 6.41. The predicted octanol–water partition coefficient (Wildman–Crippen LogP) is 3.66. The molecule has 168 valence electrons. The monoisotopic (exact) mass is 444 g/mol. The molecule has 2 aliphatic heterocycles. The summed E-state index contributed by atoms with van der Waals surface area (Å²) in [7, 11) is 0. The van der Waals surface area contributed by atoms with Gasteiger partial charge in [-0.1, -0.05) is 30.3 Å². The minimum Gasteiger partial charge on any atom is -0.368 e. The Morgan fingerprint density at radius 3 is 2.39 bits per heavy atom. The van der Waals surface area contributed by atoms with Crippen LogP contribution in [0.2, 0.25) is 0 Å². The van der Waals surface area contributed by atoms with Gasteiger partial charge >= 0.3 is 0 Å². The van der Waals surface area contributed by atoms with Crippen molar-refractivity contribution < 1.29 is 14.0 Å². The van der Waals surface area contributed by atoms with Crippen LogP contribution in [0.3, 0.4) is 0 Å². The smallest absolute Gasteiger partial charge is 0.256 e. The fourth-order valence-electron chi connectivity index (χ4n) is 4.63. The number of pyridine rings is 1. The average Bonchev–Trinajstić information content (AvgIpc) is 3.12. The summed E-state index contributed by atoms with van der Waals surface area (Å²) in [6.45, 7) is 3.12. The molecule has 1 fully saturated rings. The van der Waals surface area contributed by atoms with Crippen LogP contribution in [0.4, 0.5) is 10.1 Å². The molecule has 33 heavy (non-hydrogen) atoms. The summed E-state index contributed by atoms with van der Waals surface area (Å²) in [4.78, 5) is 36.6. The quantitative estimate of drug-likeness (QED) is 0.603. The van der Waals surface area contributed by atoms with E-state index in [1.165, 1.54) is 12.1 Å². The topological polar surface area (TPSA) is 56.8 Å². The highest BCUT2D eigenvalue weighted by Gasteiger charge is 2.39. The number of carbonyl (C=O) groups excluding carboxylic acids is 2. The highest BCUT2D eigenvalue weighted by Crippen LogP contribution is 2.36. The molecule has 0 radical (unpaired) electrons. The van der Waals surface area contributed by atoms with Gasteiger partial charge in [0.15, 0.2) is 0 Å². The Balaban J connectivity index is 1.30. The maximum absolute atomic E-state index is 13.3. The van der Waals surface area contributed by atoms with Gasteiger partial charge in [-0.2, -0.15) is 0 Å². The molecule has 5 rings (SSSR count). The number of hydrogen-bond acceptors (Lipinski definition) is 4. The first-order chi connectivity index (χ1) is 16.1. The van der Waals surface area contributed by atoms with E-state index in [4.69, 9.17) is 0 Å². The third-order valence-electron chi connectivity index (χ3n) is 6.41. The Kier molecular flexibility index (Phi) is 5.77. The van der Waals surface area contributed by atoms with Crippen LogP contribution in [-0.2, 0) is 11.3 Å². The van der Waals surface area contributed by atoms with Crippen molar-refractivity contribution in [3.8, 4) is 0 Å². The lowest BCUT2D eigenvalue weighted by Crippen LogP contribution is -2.49. The lowest BCUT2D eigenvalue weighted by atomic mass is 10.1. The van der Waals surface area contributed by atoms with Gasteiger partial charge < -0.3 is 14.7 Å². The summed E-state index contributed by atoms with van der Waals surface area (Å²) in [5.41, 5.74) is 3.15. The van der Waals surface area contributed by atoms with E-state index in [-0.39, 0.29) is 24.1 Å². The maximum Gasteiger partial charge on any atom is 0.256 e. The van der Waals surface area contributed by atoms with E-state index in [0.29, 0.717) is 30.9 Å². The molecule has 0 saturated carbocycles. The number of hydrogen-bond donors (Lipinski definition) is 0. The zero-order valence-corrected chi connectivity index (χ0v) is 18.2. The van der Waals surface area contributed by atoms with Crippen LogP contribution < -0.4 is 4.90 Å². The van der Waals surface area contributed by atoms with Gasteiger partial charge in [-0.25, -0.2) is 4.39 Å². The predicted molar refractivity (Wildman–Crippen MR) is 123 cm³/mol. The van der Waals surface area contributed by atoms with Gasteiger partial charge in [-0.3, -0.25) is 14.6 Å². The number of aromatic nitrogens is 1. The number of carbonyl (C=O) groups is 2. The SMILES string of the molecule is O=C(CC1c2ncccc2C(=O)N1Cc1ccc(F)cc1)N1CCN(c2ccccc2)CC1. The van der Waals surface area contributed by atoms with Gasteiger partial charge in [0, 0.05) is 44.6 Å². The van der Waals surface area contributed by atoms with Crippen molar-refractivity contribution >= 4 is 17.5 Å². The first kappa shape index (κ1) is 21.1. The van der Waals surface area contributed by atoms with E-state index in [1.807, 2.05) is 23.1 Å². The fraction of sp³-hybridized carbons (Fsp3) is 0.269. The summed E-state index contributed by atoms with van der Waals surface area (Å²) in [5.74, 6) is -0.449. The lowest BCUT2D eigenvalue weighted by Gasteiger charge is -2.37. The van der Waals surface area contributed by atoms with Crippen LogP contribution in [0.25, 0.3) is 0 Å². The van der Waals surface area contributed by atoms with E-state index in [0.717, 1.165) is 24.3 Å². The Morgan fingerprint density at radius 1 is 0.939 bits per heavy atom. The van der Waals surface area contributed by atoms with Crippen molar-refractivity contribution in [3.05, 3.63) is 95.6 Å². The van der Waals surface area contributed by atoms with Crippen LogP contribution in [0.15, 0.2) is 72.9 Å². The normalized spacial score (nSPS) is 17.9. The van der Waals surface area contributed by atoms with Crippen molar-refractivity contribution in [2.45, 2.75) is 19.0 Å². The number of para-hydroxylation sites is 1. The van der Waals surface area contributed by atoms with Crippen LogP contribution in [0.5, 0.6) is 0 Å². The molecular weight excluding hydrogens is 419 g/mol. The number of benzene rings is 2. The molecule has 3 aromatic rings. The largest absolute Gasteiger partial charge is 0.368 e. The molecular formula is C26H25FN4O2. The van der Waals surface area contributed by atoms with Gasteiger partial charge in [-0.05, 0) is 42.0 Å². The Labute approximate surface area is 192 Å². The molecule has 6 nitrogen and oxygen atoms in total. The van der Waals surface area contributed by atoms with E-state index >= 15 is 0 Å². The summed E-state index contributed by atoms with van der Waals surface area (Å²) in [6, 6.07) is 19.4. The van der Waals surface area contributed by atoms with Gasteiger partial charge in [0.1, 0.15) is 5.82 Å². The van der Waals surface area contributed by atoms with Crippen LogP contribution in [0.1, 0.15) is 34.1 Å². The van der Waals surface area contributed by atoms with Crippen LogP contribution in [-0.4, -0.2) is 52.8 Å². The minimum absolute atomic E-state index is 0.0168. The number of halogens is 1. The third kappa shape index (κ3) is 4.31. The second-order valence-electron chi connectivity index (χ2n) is 8.42. The maximum atomic E-state index is 13.3. The zero-order valence-electron chi connectivity index (χ0n) is 18.2. The van der Waals surface area contributed by atoms with Crippen molar-refractivity contribution in [1.29, 1.82) is 0 Å². The molecule has 0 spiro atoms. The molecule has 1 unspecified atom stereocenters. The number of fused-ring (bicyclic) bond motifs is 1. The highest BCUT2D eigenvalue weighted by atomic mass is 19.1. The Hall–Kier alpha value is -3.74. The molecule has 3 heterocycles. The van der Waals surface area contributed by atoms with Gasteiger partial charge in [-0.15, -0.1) is 0 Å². The first-order valence-corrected chi connectivity index (χ1v) is 11.2. The second kappa shape index (κ2) is 9.02. The van der Waals surface area contributed by atoms with E-state index < -0.39 is 6.04 Å². The molecule has 0 bridgehead atoms. The van der Waals surface area contributed by atoms with Crippen LogP contribution in [0, 0.1) is 5.82 Å². The van der Waals surface area contributed by atoms with E-state index in [1.54, 1.807) is 35.4 Å². The number of anilines is 1. The number of piperazine rings is 1. The van der Waals surface area contributed by atoms with Gasteiger partial charge in [0.05, 0.1) is 23.7 Å². The van der Waals surface area contributed by atoms with Gasteiger partial charge in [0.2, 0.25) is 5.91 Å². The van der Waals surface area contributed by atoms with Crippen LogP contribution >= 0.6 is 0 Å². The minimum atomic E-state index is -0.432. The number of rotatable bonds is 5. The van der Waals surface area contributed by atoms with E-state index in [2.05, 4.69) is 22.0 Å². The molecule has 7 heteroatoms. The summed E-state index contributed by atoms with van der Waals surface area (Å²) >= 11 is 0. The number of amides is 2. The standard InChI is InChI=1S/C26H25FN4O2/c27-20-10-8-19(9-11-20)18-31-23(25-22(26(31)33)7-4-12-28-25)17-24(32)30-15-13-29(14-16-30)21-5-2-1-3-6-21/h1-12,23H,13-18H2. The zero-order chi connectivity index (χ0) is 22.8. The first-order valence-electron chi connectivity index (χ1n) is 11.2. The highest BCUT2D eigenvalue weighted by molar-refractivity contribution is 5.99. The molecule has 2 aliphatic rings. The fourth-order valence-corrected chi connectivity index (χ4v) is 4.63. The summed E-state index contributed by atoms with van der Waals surface area (Å²) < 4.78 is 13.3. The van der Waals surface area contributed by atoms with Crippen molar-refractivity contribution in [2.24, 2.45) is 0 Å². The van der Waals surface area contributed by atoms with E-state index in [9.17, 15) is 14.0 Å². The summed E-state index contributed by atoms with van der Waals surface area (Å²) in [6.07, 6.45) is 1.84. The molecule has 0 N–H and O–H groups in total.